The topological polar surface area (TPSA) is 171 Å². The smallest absolute Gasteiger partial charge is 0.870 e. The quantitative estimate of drug-likeness (QED) is 0.0354. The van der Waals surface area contributed by atoms with Crippen molar-refractivity contribution in [1.29, 1.82) is 0 Å². The first-order chi connectivity index (χ1) is 36.8. The predicted molar refractivity (Wildman–Crippen MR) is 319 cm³/mol. The molecule has 81 heavy (non-hydrogen) atoms. The summed E-state index contributed by atoms with van der Waals surface area (Å²) in [5.74, 6) is 0. The molecule has 0 bridgehead atoms. The van der Waals surface area contributed by atoms with Gasteiger partial charge in [0.15, 0.2) is 0 Å². The summed E-state index contributed by atoms with van der Waals surface area (Å²) in [6.07, 6.45) is 0. The molecule has 0 aliphatic heterocycles. The molecule has 17 heteroatoms. The van der Waals surface area contributed by atoms with Crippen molar-refractivity contribution in [2.45, 2.75) is 74.9 Å². The number of nitrogens with one attached hydrogen (secondary N) is 1. The predicted octanol–water partition coefficient (Wildman–Crippen LogP) is 12.5. The van der Waals surface area contributed by atoms with Gasteiger partial charge in [-0.25, -0.2) is 16.8 Å². The van der Waals surface area contributed by atoms with Crippen LogP contribution in [0.25, 0.3) is 14.8 Å². The molecule has 0 fully saturated rings. The molecule has 425 valence electrons. The molecule has 1 radical (unpaired) electrons. The Bertz CT molecular complexity index is 2930. The summed E-state index contributed by atoms with van der Waals surface area (Å²) in [7, 11) is -3.25. The molecule has 0 spiro atoms. The Balaban J connectivity index is 0.000000741. The van der Waals surface area contributed by atoms with Gasteiger partial charge in [-0.05, 0) is 68.7 Å². The van der Waals surface area contributed by atoms with Crippen LogP contribution in [0.1, 0.15) is 79.8 Å². The molecule has 8 rings (SSSR count). The summed E-state index contributed by atoms with van der Waals surface area (Å²) in [5, 5.41) is 8.45. The van der Waals surface area contributed by atoms with Gasteiger partial charge in [-0.3, -0.25) is 0 Å². The third-order valence-electron chi connectivity index (χ3n) is 12.3. The second kappa shape index (κ2) is 40.0. The van der Waals surface area contributed by atoms with Crippen molar-refractivity contribution < 1.29 is 120 Å². The Kier molecular flexibility index (Phi) is 37.3. The molecule has 0 amide bonds. The van der Waals surface area contributed by atoms with E-state index >= 15 is 0 Å². The van der Waals surface area contributed by atoms with E-state index in [1.54, 1.807) is 48.5 Å². The molecule has 0 saturated carbocycles. The third kappa shape index (κ3) is 25.0. The zero-order chi connectivity index (χ0) is 54.2. The van der Waals surface area contributed by atoms with E-state index in [2.05, 4.69) is 86.8 Å². The minimum atomic E-state index is -3.92. The normalized spacial score (nSPS) is 12.2. The first-order valence-electron chi connectivity index (χ1n) is 24.9. The Hall–Kier alpha value is -3.45. The molecule has 0 heterocycles. The van der Waals surface area contributed by atoms with Crippen LogP contribution in [0.15, 0.2) is 228 Å². The number of aryl methyl sites for hydroxylation is 4. The molecule has 8 aromatic rings. The zero-order valence-corrected chi connectivity index (χ0v) is 56.0. The number of benzene rings is 8. The van der Waals surface area contributed by atoms with Gasteiger partial charge in [-0.1, -0.05) is 239 Å². The number of ether oxygens (including phenoxy) is 2. The van der Waals surface area contributed by atoms with Crippen molar-refractivity contribution >= 4 is 29.7 Å². The van der Waals surface area contributed by atoms with Crippen LogP contribution < -0.4 is 56.7 Å². The fourth-order valence-electron chi connectivity index (χ4n) is 8.16. The summed E-state index contributed by atoms with van der Waals surface area (Å²) in [5.41, 5.74) is 10.1. The second-order valence-corrected chi connectivity index (χ2v) is 21.4. The maximum absolute atomic E-state index is 13.4. The molecule has 0 aliphatic carbocycles. The average Bonchev–Trinajstić information content (AvgIpc) is 3.45. The third-order valence-corrected chi connectivity index (χ3v) is 15.0. The molecular weight excluding hydrogens is 1280 g/mol. The van der Waals surface area contributed by atoms with E-state index in [1.165, 1.54) is 11.1 Å². The molecule has 0 aliphatic rings. The van der Waals surface area contributed by atoms with Gasteiger partial charge in [-0.2, -0.15) is 0 Å². The number of sulfonamides is 2. The van der Waals surface area contributed by atoms with Gasteiger partial charge in [0.1, 0.15) is 20.0 Å². The van der Waals surface area contributed by atoms with Gasteiger partial charge in [0.25, 0.3) is 0 Å². The van der Waals surface area contributed by atoms with Gasteiger partial charge in [0, 0.05) is 29.0 Å². The van der Waals surface area contributed by atoms with E-state index < -0.39 is 38.2 Å². The minimum absolute atomic E-state index is 0. The molecule has 8 aromatic carbocycles. The van der Waals surface area contributed by atoms with E-state index in [9.17, 15) is 16.8 Å². The van der Waals surface area contributed by atoms with Gasteiger partial charge < -0.3 is 49.9 Å². The molecule has 0 aromatic heterocycles. The molecule has 11 nitrogen and oxygen atoms in total. The Morgan fingerprint density at radius 2 is 0.753 bits per heavy atom. The Labute approximate surface area is 553 Å². The Morgan fingerprint density at radius 3 is 1.14 bits per heavy atom. The fraction of sp³-hybridized carbons (Fsp3) is 0.219. The van der Waals surface area contributed by atoms with E-state index in [0.29, 0.717) is 39.5 Å². The van der Waals surface area contributed by atoms with Gasteiger partial charge >= 0.3 is 97.9 Å². The SMILES string of the molecule is Cc1ccc(COCCN[C@H](c2ccccc2)[C@H]([N-]S(=O)(=O)c2ccc(C)cc2)c2ccccc2)cc1.Cc1ccc(COCC[N-][C@H](c2ccccc2)[C@H]([N-]S(=O)(=O)c2ccc(C)cc2)c2ccccc2)cc1.[CH3-].[CH3-].[Cl][Ru+3].[K+].[OH-].[Ru+3]. The largest absolute Gasteiger partial charge is 3.00 e. The van der Waals surface area contributed by atoms with Crippen molar-refractivity contribution in [1.82, 2.24) is 5.32 Å². The first kappa shape index (κ1) is 75.6. The molecule has 0 unspecified atom stereocenters. The van der Waals surface area contributed by atoms with Crippen molar-refractivity contribution in [2.24, 2.45) is 0 Å². The minimum Gasteiger partial charge on any atom is -0.870 e. The van der Waals surface area contributed by atoms with Crippen LogP contribution >= 0.6 is 9.69 Å². The van der Waals surface area contributed by atoms with Crippen LogP contribution in [-0.4, -0.2) is 48.6 Å². The monoisotopic (exact) mass is 1350 g/mol. The Morgan fingerprint density at radius 1 is 0.444 bits per heavy atom. The number of hydrogen-bond donors (Lipinski definition) is 1. The number of rotatable bonds is 24. The van der Waals surface area contributed by atoms with E-state index in [0.717, 1.165) is 44.5 Å². The summed E-state index contributed by atoms with van der Waals surface area (Å²) >= 11 is 1.82. The summed E-state index contributed by atoms with van der Waals surface area (Å²) in [4.78, 5) is 0.361. The fourth-order valence-corrected chi connectivity index (χ4v) is 10.4. The van der Waals surface area contributed by atoms with E-state index in [-0.39, 0.29) is 107 Å². The van der Waals surface area contributed by atoms with Crippen LogP contribution in [0.4, 0.5) is 0 Å². The van der Waals surface area contributed by atoms with Crippen molar-refractivity contribution in [2.75, 3.05) is 26.3 Å². The maximum atomic E-state index is 13.4. The number of hydrogen-bond acceptors (Lipinski definition) is 8. The summed E-state index contributed by atoms with van der Waals surface area (Å²) in [6.45, 7) is 10.8. The molecule has 4 atom stereocenters. The van der Waals surface area contributed by atoms with Crippen molar-refractivity contribution in [3.63, 3.8) is 0 Å². The molecule has 2 N–H and O–H groups in total. The first-order valence-corrected chi connectivity index (χ1v) is 30.0. The number of halogens is 1. The van der Waals surface area contributed by atoms with E-state index in [1.807, 2.05) is 152 Å². The van der Waals surface area contributed by atoms with Crippen LogP contribution in [0.2, 0.25) is 0 Å². The van der Waals surface area contributed by atoms with Crippen molar-refractivity contribution in [3.8, 4) is 0 Å². The van der Waals surface area contributed by atoms with Crippen LogP contribution in [0, 0.1) is 42.5 Å². The second-order valence-electron chi connectivity index (χ2n) is 18.2. The average molecular weight is 1350 g/mol. The standard InChI is InChI=1S/C31H33N2O3S.C31H32N2O3S.2CH3.ClH.K.H2O.2Ru/c2*1-24-13-17-26(18-14-24)23-36-22-21-32-30(27-9-5-3-6-10-27)31(28-11-7-4-8-12-28)33-37(34,35)29-19-15-25(2)16-20-29;;;;;;;/h3-20,30-32H,21-23H2,1-2H3;3-20,30-31H,21-23H2,1-2H3;2*1H3;1H;;1H2;;/q-1;-2;2*-1;;+1;;+3;+4/p-2/t2*30-,31-;;;;;;;/m11......./s1. The molecule has 0 saturated heterocycles. The summed E-state index contributed by atoms with van der Waals surface area (Å²) in [6, 6.07) is 66.5. The number of nitrogens with zero attached hydrogens (tertiary/aromatic N) is 3. The maximum Gasteiger partial charge on any atom is 3.00 e. The van der Waals surface area contributed by atoms with Crippen LogP contribution in [0.3, 0.4) is 0 Å². The zero-order valence-electron chi connectivity index (χ0n) is 47.0. The van der Waals surface area contributed by atoms with Crippen molar-refractivity contribution in [3.05, 3.63) is 304 Å². The van der Waals surface area contributed by atoms with Gasteiger partial charge in [0.2, 0.25) is 0 Å². The van der Waals surface area contributed by atoms with Gasteiger partial charge in [-0.15, -0.1) is 18.6 Å². The summed E-state index contributed by atoms with van der Waals surface area (Å²) < 4.78 is 74.3. The van der Waals surface area contributed by atoms with Gasteiger partial charge in [0.05, 0.1) is 19.8 Å². The van der Waals surface area contributed by atoms with E-state index in [4.69, 9.17) is 14.8 Å². The molecular formula is C64H72ClKN4O7Ru2S2+. The van der Waals surface area contributed by atoms with Crippen LogP contribution in [0.5, 0.6) is 0 Å². The van der Waals surface area contributed by atoms with Crippen LogP contribution in [-0.2, 0) is 79.5 Å².